The molecule has 1 aromatic rings. The Morgan fingerprint density at radius 2 is 2.40 bits per heavy atom. The minimum absolute atomic E-state index is 0.153. The van der Waals surface area contributed by atoms with Crippen molar-refractivity contribution in [3.8, 4) is 0 Å². The first-order chi connectivity index (χ1) is 7.31. The molecule has 2 rings (SSSR count). The van der Waals surface area contributed by atoms with E-state index in [9.17, 15) is 5.11 Å². The van der Waals surface area contributed by atoms with Crippen LogP contribution < -0.4 is 0 Å². The van der Waals surface area contributed by atoms with Gasteiger partial charge in [-0.1, -0.05) is 6.92 Å². The lowest BCUT2D eigenvalue weighted by molar-refractivity contribution is 0.0653. The fourth-order valence-corrected chi connectivity index (χ4v) is 2.41. The smallest absolute Gasteiger partial charge is 0.117 e. The van der Waals surface area contributed by atoms with Crippen molar-refractivity contribution < 1.29 is 9.52 Å². The molecule has 1 aliphatic carbocycles. The van der Waals surface area contributed by atoms with E-state index in [0.29, 0.717) is 6.04 Å². The number of aliphatic hydroxyl groups is 1. The third-order valence-electron chi connectivity index (χ3n) is 3.26. The molecular formula is C12H19NO2. The zero-order chi connectivity index (χ0) is 10.7. The molecule has 1 heterocycles. The van der Waals surface area contributed by atoms with Crippen molar-refractivity contribution in [2.45, 2.75) is 44.9 Å². The van der Waals surface area contributed by atoms with Crippen LogP contribution in [-0.4, -0.2) is 28.7 Å². The summed E-state index contributed by atoms with van der Waals surface area (Å²) in [5.74, 6) is 0.982. The topological polar surface area (TPSA) is 36.6 Å². The molecule has 0 aromatic carbocycles. The second-order valence-corrected chi connectivity index (χ2v) is 4.21. The third-order valence-corrected chi connectivity index (χ3v) is 3.26. The van der Waals surface area contributed by atoms with Crippen LogP contribution in [-0.2, 0) is 6.54 Å². The number of rotatable bonds is 4. The van der Waals surface area contributed by atoms with Gasteiger partial charge in [-0.25, -0.2) is 0 Å². The highest BCUT2D eigenvalue weighted by molar-refractivity contribution is 4.99. The lowest BCUT2D eigenvalue weighted by atomic mass is 10.1. The normalized spacial score (nSPS) is 26.3. The summed E-state index contributed by atoms with van der Waals surface area (Å²) < 4.78 is 5.34. The monoisotopic (exact) mass is 209 g/mol. The lowest BCUT2D eigenvalue weighted by Crippen LogP contribution is -2.39. The van der Waals surface area contributed by atoms with E-state index in [1.165, 1.54) is 0 Å². The molecule has 0 saturated heterocycles. The van der Waals surface area contributed by atoms with Gasteiger partial charge in [0, 0.05) is 6.04 Å². The van der Waals surface area contributed by atoms with Crippen LogP contribution in [0.4, 0.5) is 0 Å². The van der Waals surface area contributed by atoms with Crippen molar-refractivity contribution in [2.24, 2.45) is 0 Å². The number of hydrogen-bond acceptors (Lipinski definition) is 3. The van der Waals surface area contributed by atoms with Gasteiger partial charge < -0.3 is 9.52 Å². The predicted octanol–water partition coefficient (Wildman–Crippen LogP) is 2.01. The minimum atomic E-state index is -0.153. The maximum Gasteiger partial charge on any atom is 0.117 e. The van der Waals surface area contributed by atoms with Crippen LogP contribution in [0.25, 0.3) is 0 Å². The van der Waals surface area contributed by atoms with Crippen molar-refractivity contribution in [3.05, 3.63) is 24.2 Å². The summed E-state index contributed by atoms with van der Waals surface area (Å²) in [6, 6.07) is 4.22. The van der Waals surface area contributed by atoms with Gasteiger partial charge >= 0.3 is 0 Å². The third kappa shape index (κ3) is 2.41. The first-order valence-electron chi connectivity index (χ1n) is 5.75. The van der Waals surface area contributed by atoms with Crippen LogP contribution in [0.15, 0.2) is 22.8 Å². The van der Waals surface area contributed by atoms with Gasteiger partial charge in [0.2, 0.25) is 0 Å². The van der Waals surface area contributed by atoms with E-state index in [-0.39, 0.29) is 6.10 Å². The maximum atomic E-state index is 9.85. The molecule has 1 aromatic heterocycles. The SMILES string of the molecule is CCN(Cc1ccco1)[C@@H]1CCC[C@H]1O. The van der Waals surface area contributed by atoms with Crippen LogP contribution in [0.5, 0.6) is 0 Å². The fourth-order valence-electron chi connectivity index (χ4n) is 2.41. The molecule has 1 saturated carbocycles. The highest BCUT2D eigenvalue weighted by Crippen LogP contribution is 2.25. The Balaban J connectivity index is 1.97. The van der Waals surface area contributed by atoms with Crippen LogP contribution in [0.2, 0.25) is 0 Å². The van der Waals surface area contributed by atoms with E-state index in [2.05, 4.69) is 11.8 Å². The fraction of sp³-hybridized carbons (Fsp3) is 0.667. The highest BCUT2D eigenvalue weighted by atomic mass is 16.3. The van der Waals surface area contributed by atoms with Crippen LogP contribution in [0, 0.1) is 0 Å². The zero-order valence-electron chi connectivity index (χ0n) is 9.22. The first kappa shape index (κ1) is 10.7. The standard InChI is InChI=1S/C12H19NO2/c1-2-13(9-10-5-4-8-15-10)11-6-3-7-12(11)14/h4-5,8,11-12,14H,2-3,6-7,9H2,1H3/t11-,12-/m1/s1. The Hall–Kier alpha value is -0.800. The summed E-state index contributed by atoms with van der Waals surface area (Å²) in [5.41, 5.74) is 0. The van der Waals surface area contributed by atoms with E-state index in [1.807, 2.05) is 12.1 Å². The van der Waals surface area contributed by atoms with Crippen molar-refractivity contribution in [2.75, 3.05) is 6.54 Å². The first-order valence-corrected chi connectivity index (χ1v) is 5.75. The predicted molar refractivity (Wildman–Crippen MR) is 58.4 cm³/mol. The van der Waals surface area contributed by atoms with E-state index >= 15 is 0 Å². The second-order valence-electron chi connectivity index (χ2n) is 4.21. The van der Waals surface area contributed by atoms with Gasteiger partial charge in [-0.15, -0.1) is 0 Å². The number of hydrogen-bond donors (Lipinski definition) is 1. The molecule has 3 nitrogen and oxygen atoms in total. The van der Waals surface area contributed by atoms with Crippen LogP contribution in [0.3, 0.4) is 0 Å². The van der Waals surface area contributed by atoms with Gasteiger partial charge in [0.25, 0.3) is 0 Å². The van der Waals surface area contributed by atoms with E-state index in [1.54, 1.807) is 6.26 Å². The van der Waals surface area contributed by atoms with Crippen molar-refractivity contribution in [1.82, 2.24) is 4.90 Å². The molecule has 1 N–H and O–H groups in total. The van der Waals surface area contributed by atoms with Crippen LogP contribution >= 0.6 is 0 Å². The Labute approximate surface area is 90.7 Å². The van der Waals surface area contributed by atoms with Gasteiger partial charge in [0.05, 0.1) is 18.9 Å². The molecule has 3 heteroatoms. The highest BCUT2D eigenvalue weighted by Gasteiger charge is 2.30. The average molecular weight is 209 g/mol. The molecule has 0 spiro atoms. The van der Waals surface area contributed by atoms with Gasteiger partial charge in [0.15, 0.2) is 0 Å². The molecule has 1 aliphatic rings. The molecular weight excluding hydrogens is 190 g/mol. The number of likely N-dealkylation sites (N-methyl/N-ethyl adjacent to an activating group) is 1. The summed E-state index contributed by atoms with van der Waals surface area (Å²) in [6.45, 7) is 3.90. The molecule has 0 radical (unpaired) electrons. The molecule has 0 aliphatic heterocycles. The molecule has 1 fully saturated rings. The largest absolute Gasteiger partial charge is 0.468 e. The molecule has 2 atom stereocenters. The Morgan fingerprint density at radius 3 is 2.93 bits per heavy atom. The summed E-state index contributed by atoms with van der Waals surface area (Å²) in [7, 11) is 0. The Morgan fingerprint density at radius 1 is 1.53 bits per heavy atom. The summed E-state index contributed by atoms with van der Waals surface area (Å²) in [6.07, 6.45) is 4.74. The molecule has 84 valence electrons. The quantitative estimate of drug-likeness (QED) is 0.824. The van der Waals surface area contributed by atoms with E-state index in [0.717, 1.165) is 38.1 Å². The molecule has 0 amide bonds. The molecule has 0 unspecified atom stereocenters. The Bertz CT molecular complexity index is 284. The number of nitrogens with zero attached hydrogens (tertiary/aromatic N) is 1. The van der Waals surface area contributed by atoms with Crippen LogP contribution in [0.1, 0.15) is 31.9 Å². The van der Waals surface area contributed by atoms with Crippen molar-refractivity contribution >= 4 is 0 Å². The van der Waals surface area contributed by atoms with Gasteiger partial charge in [-0.2, -0.15) is 0 Å². The van der Waals surface area contributed by atoms with Gasteiger partial charge in [0.1, 0.15) is 5.76 Å². The molecule has 15 heavy (non-hydrogen) atoms. The van der Waals surface area contributed by atoms with Crippen molar-refractivity contribution in [1.29, 1.82) is 0 Å². The maximum absolute atomic E-state index is 9.85. The average Bonchev–Trinajstić information content (AvgIpc) is 2.85. The number of furan rings is 1. The van der Waals surface area contributed by atoms with E-state index in [4.69, 9.17) is 4.42 Å². The summed E-state index contributed by atoms with van der Waals surface area (Å²) >= 11 is 0. The lowest BCUT2D eigenvalue weighted by Gasteiger charge is -2.28. The molecule has 0 bridgehead atoms. The van der Waals surface area contributed by atoms with Gasteiger partial charge in [-0.05, 0) is 37.9 Å². The minimum Gasteiger partial charge on any atom is -0.468 e. The summed E-state index contributed by atoms with van der Waals surface area (Å²) in [5, 5.41) is 9.85. The van der Waals surface area contributed by atoms with Crippen molar-refractivity contribution in [3.63, 3.8) is 0 Å². The van der Waals surface area contributed by atoms with E-state index < -0.39 is 0 Å². The Kier molecular flexibility index (Phi) is 3.44. The second kappa shape index (κ2) is 4.81. The zero-order valence-corrected chi connectivity index (χ0v) is 9.22. The van der Waals surface area contributed by atoms with Gasteiger partial charge in [-0.3, -0.25) is 4.90 Å². The summed E-state index contributed by atoms with van der Waals surface area (Å²) in [4.78, 5) is 2.30. The number of aliphatic hydroxyl groups excluding tert-OH is 1.